The lowest BCUT2D eigenvalue weighted by Crippen LogP contribution is -2.30. The van der Waals surface area contributed by atoms with Gasteiger partial charge in [0.05, 0.1) is 5.69 Å². The van der Waals surface area contributed by atoms with Crippen LogP contribution in [0.15, 0.2) is 22.7 Å². The van der Waals surface area contributed by atoms with Crippen LogP contribution in [0.4, 0.5) is 0 Å². The van der Waals surface area contributed by atoms with Crippen LogP contribution in [-0.2, 0) is 22.4 Å². The molecule has 1 N–H and O–H groups in total. The highest BCUT2D eigenvalue weighted by Crippen LogP contribution is 2.30. The van der Waals surface area contributed by atoms with Gasteiger partial charge in [-0.3, -0.25) is 4.79 Å². The Morgan fingerprint density at radius 1 is 1.22 bits per heavy atom. The average Bonchev–Trinajstić information content (AvgIpc) is 3.06. The highest BCUT2D eigenvalue weighted by Gasteiger charge is 2.21. The Morgan fingerprint density at radius 2 is 2.00 bits per heavy atom. The van der Waals surface area contributed by atoms with E-state index in [2.05, 4.69) is 10.5 Å². The van der Waals surface area contributed by atoms with Crippen LogP contribution in [0.1, 0.15) is 34.3 Å². The largest absolute Gasteiger partial charge is 0.486 e. The van der Waals surface area contributed by atoms with E-state index < -0.39 is 5.97 Å². The van der Waals surface area contributed by atoms with Crippen LogP contribution in [0.25, 0.3) is 0 Å². The normalized spacial score (nSPS) is 12.5. The van der Waals surface area contributed by atoms with E-state index in [-0.39, 0.29) is 12.5 Å². The number of carbonyl (C=O) groups excluding carboxylic acids is 2. The minimum Gasteiger partial charge on any atom is -0.486 e. The number of aryl methyl sites for hydroxylation is 2. The van der Waals surface area contributed by atoms with E-state index in [4.69, 9.17) is 18.7 Å². The maximum atomic E-state index is 12.1. The lowest BCUT2D eigenvalue weighted by molar-refractivity contribution is -0.124. The SMILES string of the molecule is CCc1noc(C)c1C(=O)OCC(=O)NCCc1ccc2c(c1)OCCO2. The third-order valence-corrected chi connectivity index (χ3v) is 4.15. The number of aromatic nitrogens is 1. The van der Waals surface area contributed by atoms with Crippen molar-refractivity contribution in [2.24, 2.45) is 0 Å². The molecule has 0 aliphatic carbocycles. The number of hydrogen-bond donors (Lipinski definition) is 1. The van der Waals surface area contributed by atoms with Gasteiger partial charge in [0.1, 0.15) is 24.5 Å². The molecular weight excluding hydrogens is 352 g/mol. The van der Waals surface area contributed by atoms with Crippen molar-refractivity contribution in [1.82, 2.24) is 10.5 Å². The topological polar surface area (TPSA) is 99.9 Å². The summed E-state index contributed by atoms with van der Waals surface area (Å²) in [5.41, 5.74) is 1.84. The fourth-order valence-electron chi connectivity index (χ4n) is 2.76. The summed E-state index contributed by atoms with van der Waals surface area (Å²) in [4.78, 5) is 24.0. The molecule has 1 amide bonds. The Bertz CT molecular complexity index is 830. The number of hydrogen-bond acceptors (Lipinski definition) is 7. The first-order valence-electron chi connectivity index (χ1n) is 8.86. The number of rotatable bonds is 7. The number of carbonyl (C=O) groups is 2. The predicted octanol–water partition coefficient (Wildman–Crippen LogP) is 1.83. The van der Waals surface area contributed by atoms with Crippen molar-refractivity contribution in [3.63, 3.8) is 0 Å². The lowest BCUT2D eigenvalue weighted by atomic mass is 10.1. The van der Waals surface area contributed by atoms with Gasteiger partial charge in [-0.15, -0.1) is 0 Å². The highest BCUT2D eigenvalue weighted by molar-refractivity contribution is 5.93. The van der Waals surface area contributed by atoms with Crippen molar-refractivity contribution >= 4 is 11.9 Å². The fourth-order valence-corrected chi connectivity index (χ4v) is 2.76. The van der Waals surface area contributed by atoms with Crippen LogP contribution < -0.4 is 14.8 Å². The molecular formula is C19H22N2O6. The first-order valence-corrected chi connectivity index (χ1v) is 8.86. The molecule has 1 aromatic heterocycles. The molecule has 2 heterocycles. The highest BCUT2D eigenvalue weighted by atomic mass is 16.6. The molecule has 1 aromatic carbocycles. The maximum absolute atomic E-state index is 12.1. The van der Waals surface area contributed by atoms with Crippen LogP contribution in [-0.4, -0.2) is 43.4 Å². The molecule has 0 saturated heterocycles. The van der Waals surface area contributed by atoms with Crippen molar-refractivity contribution < 1.29 is 28.3 Å². The molecule has 0 spiro atoms. The number of nitrogens with zero attached hydrogens (tertiary/aromatic N) is 1. The van der Waals surface area contributed by atoms with Gasteiger partial charge in [0.15, 0.2) is 18.1 Å². The summed E-state index contributed by atoms with van der Waals surface area (Å²) in [6.07, 6.45) is 1.17. The van der Waals surface area contributed by atoms with Gasteiger partial charge in [-0.2, -0.15) is 0 Å². The molecule has 0 bridgehead atoms. The second-order valence-corrected chi connectivity index (χ2v) is 6.07. The molecule has 8 nitrogen and oxygen atoms in total. The Hall–Kier alpha value is -3.03. The zero-order chi connectivity index (χ0) is 19.2. The summed E-state index contributed by atoms with van der Waals surface area (Å²) in [7, 11) is 0. The van der Waals surface area contributed by atoms with E-state index in [0.717, 1.165) is 17.1 Å². The molecule has 0 unspecified atom stereocenters. The summed E-state index contributed by atoms with van der Waals surface area (Å²) < 4.78 is 21.1. The van der Waals surface area contributed by atoms with E-state index in [1.807, 2.05) is 25.1 Å². The molecule has 144 valence electrons. The minimum atomic E-state index is -0.604. The Labute approximate surface area is 156 Å². The monoisotopic (exact) mass is 374 g/mol. The first kappa shape index (κ1) is 18.8. The molecule has 3 rings (SSSR count). The molecule has 0 saturated carbocycles. The number of esters is 1. The van der Waals surface area contributed by atoms with Crippen LogP contribution in [0.5, 0.6) is 11.5 Å². The smallest absolute Gasteiger partial charge is 0.344 e. The first-order chi connectivity index (χ1) is 13.1. The zero-order valence-corrected chi connectivity index (χ0v) is 15.4. The van der Waals surface area contributed by atoms with Gasteiger partial charge in [-0.05, 0) is 37.5 Å². The molecule has 2 aromatic rings. The van der Waals surface area contributed by atoms with E-state index >= 15 is 0 Å². The van der Waals surface area contributed by atoms with Gasteiger partial charge in [0.2, 0.25) is 0 Å². The third kappa shape index (κ3) is 4.58. The van der Waals surface area contributed by atoms with Gasteiger partial charge in [-0.1, -0.05) is 18.1 Å². The van der Waals surface area contributed by atoms with Crippen molar-refractivity contribution in [3.8, 4) is 11.5 Å². The van der Waals surface area contributed by atoms with E-state index in [9.17, 15) is 9.59 Å². The number of nitrogens with one attached hydrogen (secondary N) is 1. The second kappa shape index (κ2) is 8.57. The molecule has 8 heteroatoms. The summed E-state index contributed by atoms with van der Waals surface area (Å²) in [5, 5.41) is 6.53. The van der Waals surface area contributed by atoms with Gasteiger partial charge in [0.25, 0.3) is 5.91 Å². The van der Waals surface area contributed by atoms with Crippen molar-refractivity contribution in [3.05, 3.63) is 40.8 Å². The van der Waals surface area contributed by atoms with Gasteiger partial charge in [0, 0.05) is 6.54 Å². The summed E-state index contributed by atoms with van der Waals surface area (Å²) >= 11 is 0. The summed E-state index contributed by atoms with van der Waals surface area (Å²) in [6.45, 7) is 4.64. The minimum absolute atomic E-state index is 0.293. The Balaban J connectivity index is 1.43. The van der Waals surface area contributed by atoms with Gasteiger partial charge >= 0.3 is 5.97 Å². The van der Waals surface area contributed by atoms with Crippen molar-refractivity contribution in [1.29, 1.82) is 0 Å². The maximum Gasteiger partial charge on any atom is 0.344 e. The van der Waals surface area contributed by atoms with Crippen LogP contribution in [0, 0.1) is 6.92 Å². The van der Waals surface area contributed by atoms with Crippen LogP contribution in [0.2, 0.25) is 0 Å². The standard InChI is InChI=1S/C19H22N2O6/c1-3-14-18(12(2)27-21-14)19(23)26-11-17(22)20-7-6-13-4-5-15-16(10-13)25-9-8-24-15/h4-5,10H,3,6-9,11H2,1-2H3,(H,20,22). The third-order valence-electron chi connectivity index (χ3n) is 4.15. The Morgan fingerprint density at radius 3 is 2.78 bits per heavy atom. The quantitative estimate of drug-likeness (QED) is 0.738. The average molecular weight is 374 g/mol. The molecule has 27 heavy (non-hydrogen) atoms. The predicted molar refractivity (Wildman–Crippen MR) is 95.0 cm³/mol. The summed E-state index contributed by atoms with van der Waals surface area (Å²) in [5.74, 6) is 0.864. The van der Waals surface area contributed by atoms with Crippen LogP contribution in [0.3, 0.4) is 0 Å². The van der Waals surface area contributed by atoms with Gasteiger partial charge < -0.3 is 24.1 Å². The van der Waals surface area contributed by atoms with Crippen molar-refractivity contribution in [2.45, 2.75) is 26.7 Å². The fraction of sp³-hybridized carbons (Fsp3) is 0.421. The van der Waals surface area contributed by atoms with Crippen LogP contribution >= 0.6 is 0 Å². The van der Waals surface area contributed by atoms with Gasteiger partial charge in [-0.25, -0.2) is 4.79 Å². The lowest BCUT2D eigenvalue weighted by Gasteiger charge is -2.18. The van der Waals surface area contributed by atoms with E-state index in [0.29, 0.717) is 49.6 Å². The van der Waals surface area contributed by atoms with E-state index in [1.165, 1.54) is 0 Å². The number of amides is 1. The number of benzene rings is 1. The summed E-state index contributed by atoms with van der Waals surface area (Å²) in [6, 6.07) is 5.70. The van der Waals surface area contributed by atoms with Crippen molar-refractivity contribution in [2.75, 3.05) is 26.4 Å². The number of fused-ring (bicyclic) bond motifs is 1. The van der Waals surface area contributed by atoms with E-state index in [1.54, 1.807) is 6.92 Å². The molecule has 0 fully saturated rings. The second-order valence-electron chi connectivity index (χ2n) is 6.07. The zero-order valence-electron chi connectivity index (χ0n) is 15.4. The number of ether oxygens (including phenoxy) is 3. The molecule has 1 aliphatic heterocycles. The molecule has 0 radical (unpaired) electrons. The molecule has 1 aliphatic rings. The molecule has 0 atom stereocenters. The Kier molecular flexibility index (Phi) is 5.95.